The van der Waals surface area contributed by atoms with Crippen LogP contribution < -0.4 is 0 Å². The van der Waals surface area contributed by atoms with Gasteiger partial charge < -0.3 is 4.74 Å². The first-order chi connectivity index (χ1) is 7.83. The quantitative estimate of drug-likeness (QED) is 0.549. The minimum Gasteiger partial charge on any atom is -0.459 e. The number of hydrogen-bond donors (Lipinski definition) is 0. The van der Waals surface area contributed by atoms with Gasteiger partial charge in [-0.15, -0.1) is 0 Å². The van der Waals surface area contributed by atoms with Gasteiger partial charge in [0.25, 0.3) is 0 Å². The van der Waals surface area contributed by atoms with Crippen LogP contribution in [0.2, 0.25) is 0 Å². The van der Waals surface area contributed by atoms with E-state index < -0.39 is 0 Å². The summed E-state index contributed by atoms with van der Waals surface area (Å²) in [7, 11) is 0. The molecular weight excluding hydrogens is 212 g/mol. The second-order valence-electron chi connectivity index (χ2n) is 5.65. The van der Waals surface area contributed by atoms with Gasteiger partial charge in [0.2, 0.25) is 0 Å². The highest BCUT2D eigenvalue weighted by atomic mass is 16.5. The topological polar surface area (TPSA) is 26.3 Å². The largest absolute Gasteiger partial charge is 0.459 e. The van der Waals surface area contributed by atoms with Crippen LogP contribution in [0, 0.1) is 11.3 Å². The summed E-state index contributed by atoms with van der Waals surface area (Å²) in [6, 6.07) is 0. The molecule has 0 spiro atoms. The summed E-state index contributed by atoms with van der Waals surface area (Å²) in [4.78, 5) is 10.8. The fourth-order valence-electron chi connectivity index (χ4n) is 2.55. The molecular formula is C15H24O2. The van der Waals surface area contributed by atoms with Crippen molar-refractivity contribution in [2.75, 3.05) is 0 Å². The molecule has 0 radical (unpaired) electrons. The van der Waals surface area contributed by atoms with Crippen LogP contribution in [0.25, 0.3) is 0 Å². The molecule has 1 rings (SSSR count). The Bertz CT molecular complexity index is 337. The summed E-state index contributed by atoms with van der Waals surface area (Å²) >= 11 is 0. The maximum absolute atomic E-state index is 10.8. The van der Waals surface area contributed by atoms with E-state index in [4.69, 9.17) is 4.74 Å². The highest BCUT2D eigenvalue weighted by Gasteiger charge is 2.30. The van der Waals surface area contributed by atoms with Crippen molar-refractivity contribution in [1.29, 1.82) is 0 Å². The van der Waals surface area contributed by atoms with E-state index in [1.807, 2.05) is 13.0 Å². The third-order valence-electron chi connectivity index (χ3n) is 3.51. The normalized spacial score (nSPS) is 25.5. The number of rotatable bonds is 3. The Morgan fingerprint density at radius 1 is 1.59 bits per heavy atom. The van der Waals surface area contributed by atoms with Crippen LogP contribution in [-0.4, -0.2) is 12.1 Å². The minimum absolute atomic E-state index is 0.141. The molecule has 96 valence electrons. The summed E-state index contributed by atoms with van der Waals surface area (Å²) in [5.41, 5.74) is 1.72. The van der Waals surface area contributed by atoms with Gasteiger partial charge in [0.1, 0.15) is 6.10 Å². The lowest BCUT2D eigenvalue weighted by Crippen LogP contribution is -2.26. The molecule has 0 bridgehead atoms. The van der Waals surface area contributed by atoms with E-state index in [9.17, 15) is 4.79 Å². The highest BCUT2D eigenvalue weighted by Crippen LogP contribution is 2.41. The van der Waals surface area contributed by atoms with Crippen molar-refractivity contribution in [2.24, 2.45) is 11.3 Å². The van der Waals surface area contributed by atoms with Crippen LogP contribution in [0.5, 0.6) is 0 Å². The highest BCUT2D eigenvalue weighted by molar-refractivity contribution is 5.66. The predicted molar refractivity (Wildman–Crippen MR) is 70.6 cm³/mol. The molecule has 17 heavy (non-hydrogen) atoms. The van der Waals surface area contributed by atoms with E-state index in [1.165, 1.54) is 25.3 Å². The molecule has 0 aliphatic heterocycles. The van der Waals surface area contributed by atoms with E-state index in [-0.39, 0.29) is 12.1 Å². The van der Waals surface area contributed by atoms with Crippen LogP contribution in [0.1, 0.15) is 47.5 Å². The van der Waals surface area contributed by atoms with Crippen molar-refractivity contribution in [3.63, 3.8) is 0 Å². The average molecular weight is 236 g/mol. The Hall–Kier alpha value is -1.05. The number of esters is 1. The summed E-state index contributed by atoms with van der Waals surface area (Å²) in [6.45, 7) is 10.1. The first-order valence-electron chi connectivity index (χ1n) is 6.35. The molecule has 0 fully saturated rings. The fourth-order valence-corrected chi connectivity index (χ4v) is 2.55. The molecule has 1 aliphatic carbocycles. The maximum Gasteiger partial charge on any atom is 0.303 e. The fraction of sp³-hybridized carbons (Fsp3) is 0.667. The van der Waals surface area contributed by atoms with Gasteiger partial charge >= 0.3 is 5.97 Å². The number of carbonyl (C=O) groups is 1. The van der Waals surface area contributed by atoms with Crippen molar-refractivity contribution >= 4 is 5.97 Å². The van der Waals surface area contributed by atoms with E-state index in [0.717, 1.165) is 0 Å². The van der Waals surface area contributed by atoms with Gasteiger partial charge in [-0.25, -0.2) is 0 Å². The van der Waals surface area contributed by atoms with Crippen molar-refractivity contribution in [2.45, 2.75) is 53.6 Å². The third kappa shape index (κ3) is 4.03. The molecule has 0 aromatic rings. The lowest BCUT2D eigenvalue weighted by atomic mass is 9.68. The van der Waals surface area contributed by atoms with Gasteiger partial charge in [0.15, 0.2) is 0 Å². The number of allylic oxidation sites excluding steroid dienone is 3. The monoisotopic (exact) mass is 236 g/mol. The average Bonchev–Trinajstić information content (AvgIpc) is 2.14. The van der Waals surface area contributed by atoms with E-state index in [2.05, 4.69) is 32.9 Å². The molecule has 0 aromatic heterocycles. The van der Waals surface area contributed by atoms with E-state index >= 15 is 0 Å². The molecule has 0 unspecified atom stereocenters. The Kier molecular flexibility index (Phi) is 4.55. The number of hydrogen-bond acceptors (Lipinski definition) is 2. The molecule has 2 nitrogen and oxygen atoms in total. The summed E-state index contributed by atoms with van der Waals surface area (Å²) in [5.74, 6) is 0.228. The van der Waals surface area contributed by atoms with Crippen molar-refractivity contribution < 1.29 is 9.53 Å². The van der Waals surface area contributed by atoms with Crippen LogP contribution in [0.3, 0.4) is 0 Å². The first kappa shape index (κ1) is 14.0. The lowest BCUT2D eigenvalue weighted by Gasteiger charge is -2.36. The zero-order chi connectivity index (χ0) is 13.1. The Labute approximate surface area is 105 Å². The SMILES string of the molecule is CC(=O)O[C@H](C)/C=C\[C@@H]1C(C)=CCCC1(C)C. The lowest BCUT2D eigenvalue weighted by molar-refractivity contribution is -0.143. The minimum atomic E-state index is -0.225. The molecule has 1 aliphatic rings. The Balaban J connectivity index is 2.71. The van der Waals surface area contributed by atoms with Gasteiger partial charge in [0, 0.05) is 12.8 Å². The molecule has 0 N–H and O–H groups in total. The second kappa shape index (κ2) is 5.52. The Morgan fingerprint density at radius 2 is 2.24 bits per heavy atom. The van der Waals surface area contributed by atoms with E-state index in [0.29, 0.717) is 11.3 Å². The van der Waals surface area contributed by atoms with Gasteiger partial charge in [0.05, 0.1) is 0 Å². The van der Waals surface area contributed by atoms with Crippen LogP contribution in [0.4, 0.5) is 0 Å². The van der Waals surface area contributed by atoms with Crippen LogP contribution >= 0.6 is 0 Å². The standard InChI is InChI=1S/C15H24O2/c1-11-7-6-10-15(4,5)14(11)9-8-12(2)17-13(3)16/h7-9,12,14H,6,10H2,1-5H3/b9-8-/t12-,14-/m1/s1. The van der Waals surface area contributed by atoms with Crippen molar-refractivity contribution in [3.8, 4) is 0 Å². The molecule has 0 heterocycles. The van der Waals surface area contributed by atoms with Gasteiger partial charge in [-0.2, -0.15) is 0 Å². The molecule has 0 saturated heterocycles. The summed E-state index contributed by atoms with van der Waals surface area (Å²) < 4.78 is 5.10. The van der Waals surface area contributed by atoms with Gasteiger partial charge in [-0.3, -0.25) is 4.79 Å². The van der Waals surface area contributed by atoms with Gasteiger partial charge in [-0.05, 0) is 38.2 Å². The first-order valence-corrected chi connectivity index (χ1v) is 6.35. The summed E-state index contributed by atoms with van der Waals surface area (Å²) in [6.07, 6.45) is 8.74. The molecule has 2 heteroatoms. The number of ether oxygens (including phenoxy) is 1. The number of carbonyl (C=O) groups excluding carboxylic acids is 1. The predicted octanol–water partition coefficient (Wildman–Crippen LogP) is 3.88. The van der Waals surface area contributed by atoms with Crippen molar-refractivity contribution in [1.82, 2.24) is 0 Å². The maximum atomic E-state index is 10.8. The van der Waals surface area contributed by atoms with E-state index in [1.54, 1.807) is 0 Å². The van der Waals surface area contributed by atoms with Crippen molar-refractivity contribution in [3.05, 3.63) is 23.8 Å². The molecule has 0 aromatic carbocycles. The Morgan fingerprint density at radius 3 is 2.76 bits per heavy atom. The van der Waals surface area contributed by atoms with Crippen LogP contribution in [-0.2, 0) is 9.53 Å². The smallest absolute Gasteiger partial charge is 0.303 e. The molecule has 0 amide bonds. The third-order valence-corrected chi connectivity index (χ3v) is 3.51. The zero-order valence-electron chi connectivity index (χ0n) is 11.6. The zero-order valence-corrected chi connectivity index (χ0v) is 11.6. The molecule has 2 atom stereocenters. The second-order valence-corrected chi connectivity index (χ2v) is 5.65. The van der Waals surface area contributed by atoms with Crippen LogP contribution in [0.15, 0.2) is 23.8 Å². The summed E-state index contributed by atoms with van der Waals surface area (Å²) in [5, 5.41) is 0. The molecule has 0 saturated carbocycles. The van der Waals surface area contributed by atoms with Gasteiger partial charge in [-0.1, -0.05) is 31.6 Å².